The van der Waals surface area contributed by atoms with Crippen LogP contribution in [0.25, 0.3) is 0 Å². The molecule has 1 aliphatic rings. The number of rotatable bonds is 5. The summed E-state index contributed by atoms with van der Waals surface area (Å²) < 4.78 is 5.38. The lowest BCUT2D eigenvalue weighted by Crippen LogP contribution is -2.27. The van der Waals surface area contributed by atoms with Crippen molar-refractivity contribution in [3.8, 4) is 0 Å². The second-order valence-electron chi connectivity index (χ2n) is 4.74. The number of hydrogen-bond acceptors (Lipinski definition) is 4. The average molecular weight is 281 g/mol. The Morgan fingerprint density at radius 1 is 1.58 bits per heavy atom. The lowest BCUT2D eigenvalue weighted by Gasteiger charge is -2.22. The summed E-state index contributed by atoms with van der Waals surface area (Å²) in [5.74, 6) is -0.443. The minimum Gasteiger partial charge on any atom is -0.478 e. The minimum atomic E-state index is -0.887. The third kappa shape index (κ3) is 3.22. The zero-order valence-electron chi connectivity index (χ0n) is 11.2. The Morgan fingerprint density at radius 3 is 2.95 bits per heavy atom. The highest BCUT2D eigenvalue weighted by molar-refractivity contribution is 7.98. The molecule has 0 amide bonds. The van der Waals surface area contributed by atoms with Gasteiger partial charge in [0.25, 0.3) is 0 Å². The molecule has 1 heterocycles. The number of aromatic carboxylic acids is 1. The van der Waals surface area contributed by atoms with Gasteiger partial charge in [-0.2, -0.15) is 0 Å². The molecular formula is C14H19NO3S. The molecule has 2 N–H and O–H groups in total. The van der Waals surface area contributed by atoms with Crippen molar-refractivity contribution in [3.05, 3.63) is 23.8 Å². The molecule has 2 atom stereocenters. The smallest absolute Gasteiger partial charge is 0.338 e. The van der Waals surface area contributed by atoms with Crippen LogP contribution in [0.1, 0.15) is 23.7 Å². The van der Waals surface area contributed by atoms with E-state index in [-0.39, 0.29) is 6.04 Å². The summed E-state index contributed by atoms with van der Waals surface area (Å²) in [6.07, 6.45) is 2.92. The number of thioether (sulfide) groups is 1. The average Bonchev–Trinajstić information content (AvgIpc) is 2.92. The van der Waals surface area contributed by atoms with Crippen LogP contribution in [0.3, 0.4) is 0 Å². The van der Waals surface area contributed by atoms with E-state index in [4.69, 9.17) is 4.74 Å². The number of hydrogen-bond donors (Lipinski definition) is 2. The molecule has 0 saturated carbocycles. The van der Waals surface area contributed by atoms with Crippen molar-refractivity contribution in [2.24, 2.45) is 5.92 Å². The number of anilines is 1. The van der Waals surface area contributed by atoms with E-state index >= 15 is 0 Å². The largest absolute Gasteiger partial charge is 0.478 e. The van der Waals surface area contributed by atoms with E-state index in [0.717, 1.165) is 24.5 Å². The van der Waals surface area contributed by atoms with E-state index in [2.05, 4.69) is 12.2 Å². The summed E-state index contributed by atoms with van der Waals surface area (Å²) in [6.45, 7) is 3.63. The number of carboxylic acids is 1. The molecule has 19 heavy (non-hydrogen) atoms. The molecule has 1 aromatic rings. The third-order valence-electron chi connectivity index (χ3n) is 3.52. The number of ether oxygens (including phenoxy) is 1. The molecular weight excluding hydrogens is 262 g/mol. The molecule has 5 heteroatoms. The van der Waals surface area contributed by atoms with Gasteiger partial charge in [-0.3, -0.25) is 0 Å². The molecule has 2 rings (SSSR count). The van der Waals surface area contributed by atoms with Gasteiger partial charge in [-0.15, -0.1) is 11.8 Å². The first-order chi connectivity index (χ1) is 9.13. The fourth-order valence-electron chi connectivity index (χ4n) is 2.35. The first-order valence-corrected chi connectivity index (χ1v) is 7.60. The van der Waals surface area contributed by atoms with Crippen molar-refractivity contribution in [2.75, 3.05) is 24.8 Å². The predicted octanol–water partition coefficient (Wildman–Crippen LogP) is 2.94. The molecule has 1 aliphatic heterocycles. The predicted molar refractivity (Wildman–Crippen MR) is 77.2 cm³/mol. The zero-order chi connectivity index (χ0) is 13.8. The summed E-state index contributed by atoms with van der Waals surface area (Å²) in [5, 5.41) is 12.7. The lowest BCUT2D eigenvalue weighted by atomic mass is 10.00. The van der Waals surface area contributed by atoms with E-state index in [1.54, 1.807) is 0 Å². The maximum Gasteiger partial charge on any atom is 0.338 e. The Labute approximate surface area is 117 Å². The molecule has 0 aliphatic carbocycles. The van der Waals surface area contributed by atoms with Crippen LogP contribution >= 0.6 is 11.8 Å². The number of nitrogens with one attached hydrogen (secondary N) is 1. The highest BCUT2D eigenvalue weighted by Crippen LogP contribution is 2.29. The second-order valence-corrected chi connectivity index (χ2v) is 5.59. The molecule has 0 aromatic heterocycles. The normalized spacial score (nSPS) is 20.2. The van der Waals surface area contributed by atoms with E-state index in [1.807, 2.05) is 24.5 Å². The summed E-state index contributed by atoms with van der Waals surface area (Å²) in [7, 11) is 0. The van der Waals surface area contributed by atoms with Crippen LogP contribution in [0.15, 0.2) is 23.1 Å². The van der Waals surface area contributed by atoms with Gasteiger partial charge in [0.05, 0.1) is 17.9 Å². The van der Waals surface area contributed by atoms with Crippen LogP contribution in [0, 0.1) is 5.92 Å². The van der Waals surface area contributed by atoms with E-state index in [0.29, 0.717) is 17.2 Å². The lowest BCUT2D eigenvalue weighted by molar-refractivity contribution is 0.0694. The van der Waals surface area contributed by atoms with Gasteiger partial charge in [0.15, 0.2) is 0 Å². The Hall–Kier alpha value is -1.20. The molecule has 0 radical (unpaired) electrons. The van der Waals surface area contributed by atoms with Gasteiger partial charge >= 0.3 is 5.97 Å². The van der Waals surface area contributed by atoms with Gasteiger partial charge in [0.1, 0.15) is 0 Å². The number of benzene rings is 1. The monoisotopic (exact) mass is 281 g/mol. The Balaban J connectivity index is 2.21. The minimum absolute atomic E-state index is 0.206. The van der Waals surface area contributed by atoms with Crippen LogP contribution in [-0.2, 0) is 4.74 Å². The van der Waals surface area contributed by atoms with Crippen LogP contribution in [0.5, 0.6) is 0 Å². The van der Waals surface area contributed by atoms with Gasteiger partial charge in [-0.25, -0.2) is 4.79 Å². The fourth-order valence-corrected chi connectivity index (χ4v) is 2.97. The molecule has 4 nitrogen and oxygen atoms in total. The van der Waals surface area contributed by atoms with Gasteiger partial charge in [-0.05, 0) is 31.7 Å². The van der Waals surface area contributed by atoms with Gasteiger partial charge in [0.2, 0.25) is 0 Å². The fraction of sp³-hybridized carbons (Fsp3) is 0.500. The third-order valence-corrected chi connectivity index (χ3v) is 4.30. The summed E-state index contributed by atoms with van der Waals surface area (Å²) in [5.41, 5.74) is 1.06. The molecule has 1 saturated heterocycles. The highest BCUT2D eigenvalue weighted by Gasteiger charge is 2.24. The Kier molecular flexibility index (Phi) is 4.71. The number of carboxylic acid groups (broad SMARTS) is 1. The SMILES string of the molecule is CSc1cccc(NC(C)C2CCOC2)c1C(=O)O. The molecule has 1 aromatic carbocycles. The zero-order valence-corrected chi connectivity index (χ0v) is 12.0. The number of carbonyl (C=O) groups is 1. The van der Waals surface area contributed by atoms with Crippen molar-refractivity contribution in [2.45, 2.75) is 24.3 Å². The standard InChI is InChI=1S/C14H19NO3S/c1-9(10-6-7-18-8-10)15-11-4-3-5-12(19-2)13(11)14(16)17/h3-5,9-10,15H,6-8H2,1-2H3,(H,16,17). The van der Waals surface area contributed by atoms with Crippen molar-refractivity contribution in [1.82, 2.24) is 0 Å². The van der Waals surface area contributed by atoms with Crippen molar-refractivity contribution < 1.29 is 14.6 Å². The second kappa shape index (κ2) is 6.30. The quantitative estimate of drug-likeness (QED) is 0.813. The summed E-state index contributed by atoms with van der Waals surface area (Å²) in [4.78, 5) is 12.2. The Bertz CT molecular complexity index is 458. The maximum absolute atomic E-state index is 11.4. The van der Waals surface area contributed by atoms with Crippen LogP contribution in [-0.4, -0.2) is 36.6 Å². The van der Waals surface area contributed by atoms with Crippen molar-refractivity contribution >= 4 is 23.4 Å². The first-order valence-electron chi connectivity index (χ1n) is 6.38. The molecule has 104 valence electrons. The van der Waals surface area contributed by atoms with Crippen LogP contribution in [0.2, 0.25) is 0 Å². The van der Waals surface area contributed by atoms with Gasteiger partial charge < -0.3 is 15.2 Å². The van der Waals surface area contributed by atoms with Crippen LogP contribution in [0.4, 0.5) is 5.69 Å². The summed E-state index contributed by atoms with van der Waals surface area (Å²) in [6, 6.07) is 5.76. The van der Waals surface area contributed by atoms with Crippen molar-refractivity contribution in [3.63, 3.8) is 0 Å². The molecule has 1 fully saturated rings. The van der Waals surface area contributed by atoms with E-state index in [9.17, 15) is 9.90 Å². The van der Waals surface area contributed by atoms with E-state index < -0.39 is 5.97 Å². The van der Waals surface area contributed by atoms with Gasteiger partial charge in [0, 0.05) is 23.5 Å². The highest BCUT2D eigenvalue weighted by atomic mass is 32.2. The topological polar surface area (TPSA) is 58.6 Å². The van der Waals surface area contributed by atoms with Crippen molar-refractivity contribution in [1.29, 1.82) is 0 Å². The summed E-state index contributed by atoms with van der Waals surface area (Å²) >= 11 is 1.45. The van der Waals surface area contributed by atoms with Gasteiger partial charge in [-0.1, -0.05) is 6.07 Å². The van der Waals surface area contributed by atoms with Crippen LogP contribution < -0.4 is 5.32 Å². The molecule has 0 bridgehead atoms. The van der Waals surface area contributed by atoms with E-state index in [1.165, 1.54) is 11.8 Å². The molecule has 0 spiro atoms. The maximum atomic E-state index is 11.4. The first kappa shape index (κ1) is 14.2. The molecule has 2 unspecified atom stereocenters. The Morgan fingerprint density at radius 2 is 2.37 bits per heavy atom.